The molecule has 1 aliphatic rings. The van der Waals surface area contributed by atoms with Crippen molar-refractivity contribution in [2.24, 2.45) is 5.92 Å². The van der Waals surface area contributed by atoms with E-state index in [0.29, 0.717) is 12.1 Å². The quantitative estimate of drug-likeness (QED) is 0.722. The highest BCUT2D eigenvalue weighted by Crippen LogP contribution is 2.20. The Morgan fingerprint density at radius 1 is 1.28 bits per heavy atom. The van der Waals surface area contributed by atoms with Crippen LogP contribution in [0.5, 0.6) is 0 Å². The van der Waals surface area contributed by atoms with E-state index in [1.54, 1.807) is 0 Å². The fourth-order valence-electron chi connectivity index (χ4n) is 2.93. The van der Waals surface area contributed by atoms with Crippen LogP contribution in [-0.4, -0.2) is 50.3 Å². The number of hydrogen-bond donors (Lipinski definition) is 1. The molecular weight excluding hydrogens is 224 g/mol. The molecule has 1 N–H and O–H groups in total. The van der Waals surface area contributed by atoms with E-state index in [-0.39, 0.29) is 0 Å². The lowest BCUT2D eigenvalue weighted by molar-refractivity contribution is 0.0791. The van der Waals surface area contributed by atoms with Gasteiger partial charge in [0.25, 0.3) is 0 Å². The van der Waals surface area contributed by atoms with Crippen molar-refractivity contribution in [2.75, 3.05) is 33.4 Å². The van der Waals surface area contributed by atoms with E-state index in [4.69, 9.17) is 4.74 Å². The van der Waals surface area contributed by atoms with Crippen LogP contribution in [0.2, 0.25) is 0 Å². The lowest BCUT2D eigenvalue weighted by atomic mass is 9.95. The number of rotatable bonds is 8. The molecule has 0 aromatic carbocycles. The summed E-state index contributed by atoms with van der Waals surface area (Å²) in [6.45, 7) is 11.5. The van der Waals surface area contributed by atoms with Gasteiger partial charge in [0.1, 0.15) is 0 Å². The molecule has 1 heterocycles. The van der Waals surface area contributed by atoms with Crippen molar-refractivity contribution in [3.8, 4) is 0 Å². The largest absolute Gasteiger partial charge is 0.384 e. The van der Waals surface area contributed by atoms with E-state index in [2.05, 4.69) is 31.0 Å². The van der Waals surface area contributed by atoms with Gasteiger partial charge in [-0.05, 0) is 65.1 Å². The molecule has 0 amide bonds. The van der Waals surface area contributed by atoms with Crippen LogP contribution in [-0.2, 0) is 4.74 Å². The molecule has 2 unspecified atom stereocenters. The molecule has 0 radical (unpaired) electrons. The molecule has 3 nitrogen and oxygen atoms in total. The number of hydrogen-bond acceptors (Lipinski definition) is 3. The van der Waals surface area contributed by atoms with Gasteiger partial charge in [0.15, 0.2) is 0 Å². The van der Waals surface area contributed by atoms with Gasteiger partial charge in [0, 0.05) is 25.8 Å². The number of ether oxygens (including phenoxy) is 1. The number of likely N-dealkylation sites (tertiary alicyclic amines) is 1. The third kappa shape index (κ3) is 5.68. The topological polar surface area (TPSA) is 24.5 Å². The first kappa shape index (κ1) is 15.9. The second-order valence-electron chi connectivity index (χ2n) is 5.87. The number of nitrogens with one attached hydrogen (secondary N) is 1. The molecule has 108 valence electrons. The third-order valence-corrected chi connectivity index (χ3v) is 4.11. The summed E-state index contributed by atoms with van der Waals surface area (Å²) in [6.07, 6.45) is 5.08. The van der Waals surface area contributed by atoms with E-state index in [9.17, 15) is 0 Å². The maximum Gasteiger partial charge on any atom is 0.0491 e. The summed E-state index contributed by atoms with van der Waals surface area (Å²) < 4.78 is 5.26. The summed E-state index contributed by atoms with van der Waals surface area (Å²) >= 11 is 0. The molecule has 1 fully saturated rings. The van der Waals surface area contributed by atoms with Gasteiger partial charge in [-0.25, -0.2) is 0 Å². The van der Waals surface area contributed by atoms with Gasteiger partial charge < -0.3 is 15.0 Å². The van der Waals surface area contributed by atoms with Crippen LogP contribution < -0.4 is 5.32 Å². The van der Waals surface area contributed by atoms with Crippen LogP contribution >= 0.6 is 0 Å². The Balaban J connectivity index is 2.20. The van der Waals surface area contributed by atoms with Crippen molar-refractivity contribution in [3.63, 3.8) is 0 Å². The Labute approximate surface area is 113 Å². The average molecular weight is 256 g/mol. The molecule has 3 heteroatoms. The van der Waals surface area contributed by atoms with E-state index >= 15 is 0 Å². The normalized spacial score (nSPS) is 22.0. The summed E-state index contributed by atoms with van der Waals surface area (Å²) in [5, 5.41) is 3.58. The van der Waals surface area contributed by atoms with Gasteiger partial charge in [-0.1, -0.05) is 6.92 Å². The summed E-state index contributed by atoms with van der Waals surface area (Å²) in [5.41, 5.74) is 0. The Kier molecular flexibility index (Phi) is 7.87. The number of methoxy groups -OCH3 is 1. The molecule has 0 bridgehead atoms. The molecule has 2 atom stereocenters. The van der Waals surface area contributed by atoms with Gasteiger partial charge in [0.2, 0.25) is 0 Å². The smallest absolute Gasteiger partial charge is 0.0491 e. The summed E-state index contributed by atoms with van der Waals surface area (Å²) in [7, 11) is 1.82. The van der Waals surface area contributed by atoms with Crippen LogP contribution in [0.4, 0.5) is 0 Å². The SMILES string of the molecule is CCCNC(C)CC(C)N1CCC(COC)CC1. The van der Waals surface area contributed by atoms with Gasteiger partial charge in [-0.2, -0.15) is 0 Å². The molecule has 1 rings (SSSR count). The van der Waals surface area contributed by atoms with Crippen LogP contribution in [0.15, 0.2) is 0 Å². The molecule has 18 heavy (non-hydrogen) atoms. The number of nitrogens with zero attached hydrogens (tertiary/aromatic N) is 1. The Bertz CT molecular complexity index is 203. The molecular formula is C15H32N2O. The third-order valence-electron chi connectivity index (χ3n) is 4.11. The minimum atomic E-state index is 0.636. The second-order valence-corrected chi connectivity index (χ2v) is 5.87. The highest BCUT2D eigenvalue weighted by atomic mass is 16.5. The van der Waals surface area contributed by atoms with Crippen molar-refractivity contribution in [3.05, 3.63) is 0 Å². The first-order chi connectivity index (χ1) is 8.67. The van der Waals surface area contributed by atoms with Gasteiger partial charge in [-0.15, -0.1) is 0 Å². The first-order valence-corrected chi connectivity index (χ1v) is 7.63. The molecule has 1 saturated heterocycles. The highest BCUT2D eigenvalue weighted by Gasteiger charge is 2.23. The standard InChI is InChI=1S/C15H32N2O/c1-5-8-16-13(2)11-14(3)17-9-6-15(7-10-17)12-18-4/h13-16H,5-12H2,1-4H3. The Hall–Kier alpha value is -0.120. The van der Waals surface area contributed by atoms with E-state index in [1.807, 2.05) is 7.11 Å². The summed E-state index contributed by atoms with van der Waals surface area (Å²) in [5.74, 6) is 0.786. The molecule has 1 aliphatic heterocycles. The molecule has 0 aromatic rings. The monoisotopic (exact) mass is 256 g/mol. The molecule has 0 saturated carbocycles. The van der Waals surface area contributed by atoms with Crippen molar-refractivity contribution in [2.45, 2.75) is 58.5 Å². The minimum absolute atomic E-state index is 0.636. The predicted molar refractivity (Wildman–Crippen MR) is 78.0 cm³/mol. The van der Waals surface area contributed by atoms with Crippen molar-refractivity contribution in [1.29, 1.82) is 0 Å². The second kappa shape index (κ2) is 8.89. The van der Waals surface area contributed by atoms with Crippen LogP contribution in [0, 0.1) is 5.92 Å². The minimum Gasteiger partial charge on any atom is -0.384 e. The maximum absolute atomic E-state index is 5.26. The van der Waals surface area contributed by atoms with Crippen LogP contribution in [0.25, 0.3) is 0 Å². The first-order valence-electron chi connectivity index (χ1n) is 7.63. The van der Waals surface area contributed by atoms with Crippen molar-refractivity contribution < 1.29 is 4.74 Å². The van der Waals surface area contributed by atoms with E-state index in [0.717, 1.165) is 19.1 Å². The maximum atomic E-state index is 5.26. The molecule has 0 aromatic heterocycles. The van der Waals surface area contributed by atoms with Crippen molar-refractivity contribution >= 4 is 0 Å². The zero-order valence-corrected chi connectivity index (χ0v) is 12.7. The zero-order valence-electron chi connectivity index (χ0n) is 12.7. The average Bonchev–Trinajstić information content (AvgIpc) is 2.37. The van der Waals surface area contributed by atoms with Crippen LogP contribution in [0.3, 0.4) is 0 Å². The van der Waals surface area contributed by atoms with Gasteiger partial charge >= 0.3 is 0 Å². The van der Waals surface area contributed by atoms with Gasteiger partial charge in [0.05, 0.1) is 0 Å². The molecule has 0 aliphatic carbocycles. The van der Waals surface area contributed by atoms with Gasteiger partial charge in [-0.3, -0.25) is 0 Å². The Morgan fingerprint density at radius 3 is 2.50 bits per heavy atom. The zero-order chi connectivity index (χ0) is 13.4. The number of piperidine rings is 1. The molecule has 0 spiro atoms. The lowest BCUT2D eigenvalue weighted by Gasteiger charge is -2.37. The van der Waals surface area contributed by atoms with Crippen molar-refractivity contribution in [1.82, 2.24) is 10.2 Å². The Morgan fingerprint density at radius 2 is 1.94 bits per heavy atom. The predicted octanol–water partition coefficient (Wildman–Crippen LogP) is 2.51. The van der Waals surface area contributed by atoms with Crippen LogP contribution in [0.1, 0.15) is 46.5 Å². The lowest BCUT2D eigenvalue weighted by Crippen LogP contribution is -2.43. The fourth-order valence-corrected chi connectivity index (χ4v) is 2.93. The van der Waals surface area contributed by atoms with E-state index in [1.165, 1.54) is 38.8 Å². The highest BCUT2D eigenvalue weighted by molar-refractivity contribution is 4.78. The summed E-state index contributed by atoms with van der Waals surface area (Å²) in [4.78, 5) is 2.65. The fraction of sp³-hybridized carbons (Fsp3) is 1.00. The summed E-state index contributed by atoms with van der Waals surface area (Å²) in [6, 6.07) is 1.34. The van der Waals surface area contributed by atoms with E-state index < -0.39 is 0 Å².